The van der Waals surface area contributed by atoms with Crippen LogP contribution >= 0.6 is 0 Å². The maximum Gasteiger partial charge on any atom is 0.193 e. The van der Waals surface area contributed by atoms with Crippen LogP contribution in [0.4, 0.5) is 5.69 Å². The monoisotopic (exact) mass is 511 g/mol. The number of carbonyl (C=O) groups is 1. The minimum Gasteiger partial charge on any atom is -0.289 e. The van der Waals surface area contributed by atoms with Gasteiger partial charge in [-0.25, -0.2) is 4.85 Å². The second-order valence-electron chi connectivity index (χ2n) is 9.66. The molecule has 188 valence electrons. The summed E-state index contributed by atoms with van der Waals surface area (Å²) < 4.78 is 0. The van der Waals surface area contributed by atoms with E-state index in [1.165, 1.54) is 5.56 Å². The summed E-state index contributed by atoms with van der Waals surface area (Å²) in [5.74, 6) is 0.0362. The molecule has 0 radical (unpaired) electrons. The van der Waals surface area contributed by atoms with Crippen molar-refractivity contribution in [3.8, 4) is 44.5 Å². The largest absolute Gasteiger partial charge is 0.289 e. The van der Waals surface area contributed by atoms with Crippen LogP contribution in [0.5, 0.6) is 0 Å². The Kier molecular flexibility index (Phi) is 6.86. The zero-order valence-electron chi connectivity index (χ0n) is 21.8. The summed E-state index contributed by atoms with van der Waals surface area (Å²) in [6.45, 7) is 7.11. The zero-order valence-corrected chi connectivity index (χ0v) is 21.8. The summed E-state index contributed by atoms with van der Waals surface area (Å²) in [6.07, 6.45) is 0. The summed E-state index contributed by atoms with van der Waals surface area (Å²) in [5, 5.41) is 0. The maximum absolute atomic E-state index is 12.7. The molecule has 0 saturated carbocycles. The lowest BCUT2D eigenvalue weighted by atomic mass is 9.96. The molecular weight excluding hydrogens is 486 g/mol. The van der Waals surface area contributed by atoms with Crippen LogP contribution in [0.2, 0.25) is 0 Å². The topological polar surface area (TPSA) is 21.4 Å². The van der Waals surface area contributed by atoms with Crippen molar-refractivity contribution in [2.75, 3.05) is 0 Å². The Morgan fingerprint density at radius 1 is 0.375 bits per heavy atom. The van der Waals surface area contributed by atoms with Gasteiger partial charge in [-0.15, -0.1) is 0 Å². The number of ketones is 1. The fourth-order valence-electron chi connectivity index (χ4n) is 4.86. The molecule has 0 unspecified atom stereocenters. The molecule has 0 aliphatic heterocycles. The average molecular weight is 512 g/mol. The first kappa shape index (κ1) is 24.8. The number of hydrogen-bond donors (Lipinski definition) is 0. The third kappa shape index (κ3) is 5.23. The lowest BCUT2D eigenvalue weighted by Gasteiger charge is -2.08. The van der Waals surface area contributed by atoms with E-state index in [9.17, 15) is 4.79 Å². The molecule has 0 heterocycles. The second kappa shape index (κ2) is 11.1. The first-order chi connectivity index (χ1) is 19.7. The predicted molar refractivity (Wildman–Crippen MR) is 164 cm³/mol. The zero-order chi connectivity index (χ0) is 27.3. The highest BCUT2D eigenvalue weighted by atomic mass is 16.1. The lowest BCUT2D eigenvalue weighted by Crippen LogP contribution is -2.00. The smallest absolute Gasteiger partial charge is 0.193 e. The third-order valence-corrected chi connectivity index (χ3v) is 7.17. The molecule has 0 aliphatic rings. The minimum atomic E-state index is 0.0362. The fourth-order valence-corrected chi connectivity index (χ4v) is 4.86. The van der Waals surface area contributed by atoms with E-state index in [4.69, 9.17) is 6.57 Å². The third-order valence-electron chi connectivity index (χ3n) is 7.17. The second-order valence-corrected chi connectivity index (χ2v) is 9.66. The Balaban J connectivity index is 1.14. The molecule has 0 saturated heterocycles. The highest BCUT2D eigenvalue weighted by Crippen LogP contribution is 2.30. The van der Waals surface area contributed by atoms with Crippen molar-refractivity contribution >= 4 is 11.5 Å². The van der Waals surface area contributed by atoms with Crippen molar-refractivity contribution in [3.63, 3.8) is 0 Å². The van der Waals surface area contributed by atoms with E-state index in [0.29, 0.717) is 16.8 Å². The van der Waals surface area contributed by atoms with Gasteiger partial charge in [0.15, 0.2) is 11.5 Å². The molecule has 6 aromatic rings. The first-order valence-electron chi connectivity index (χ1n) is 13.2. The van der Waals surface area contributed by atoms with Crippen LogP contribution < -0.4 is 0 Å². The number of hydrogen-bond acceptors (Lipinski definition) is 1. The molecule has 0 spiro atoms. The Labute approximate surface area is 234 Å². The molecule has 2 heteroatoms. The van der Waals surface area contributed by atoms with Gasteiger partial charge in [-0.3, -0.25) is 4.79 Å². The van der Waals surface area contributed by atoms with Crippen LogP contribution in [0.3, 0.4) is 0 Å². The molecule has 0 aliphatic carbocycles. The van der Waals surface area contributed by atoms with Gasteiger partial charge in [0.25, 0.3) is 0 Å². The maximum atomic E-state index is 12.7. The van der Waals surface area contributed by atoms with Crippen LogP contribution in [0.25, 0.3) is 49.4 Å². The van der Waals surface area contributed by atoms with Crippen molar-refractivity contribution < 1.29 is 4.79 Å². The van der Waals surface area contributed by atoms with E-state index >= 15 is 0 Å². The number of carbonyl (C=O) groups excluding carboxylic acids is 1. The van der Waals surface area contributed by atoms with Gasteiger partial charge < -0.3 is 0 Å². The van der Waals surface area contributed by atoms with Crippen molar-refractivity contribution in [1.82, 2.24) is 0 Å². The van der Waals surface area contributed by atoms with Gasteiger partial charge >= 0.3 is 0 Å². The van der Waals surface area contributed by atoms with Gasteiger partial charge in [0.2, 0.25) is 0 Å². The van der Waals surface area contributed by atoms with Crippen LogP contribution in [0.15, 0.2) is 152 Å². The normalized spacial score (nSPS) is 10.6. The van der Waals surface area contributed by atoms with Crippen LogP contribution in [-0.2, 0) is 0 Å². The van der Waals surface area contributed by atoms with Gasteiger partial charge in [-0.05, 0) is 44.5 Å². The van der Waals surface area contributed by atoms with E-state index in [1.807, 2.05) is 78.9 Å². The van der Waals surface area contributed by atoms with Gasteiger partial charge in [0, 0.05) is 11.1 Å². The van der Waals surface area contributed by atoms with E-state index in [2.05, 4.69) is 77.6 Å². The first-order valence-corrected chi connectivity index (χ1v) is 13.2. The molecule has 0 fully saturated rings. The Hall–Kier alpha value is -5.52. The van der Waals surface area contributed by atoms with Crippen molar-refractivity contribution in [2.24, 2.45) is 0 Å². The summed E-state index contributed by atoms with van der Waals surface area (Å²) in [4.78, 5) is 16.2. The van der Waals surface area contributed by atoms with Crippen LogP contribution in [0, 0.1) is 6.57 Å². The molecule has 40 heavy (non-hydrogen) atoms. The highest BCUT2D eigenvalue weighted by molar-refractivity contribution is 6.09. The van der Waals surface area contributed by atoms with Gasteiger partial charge in [0.1, 0.15) is 0 Å². The SMILES string of the molecule is [C-]#[N+]c1ccc(-c2ccc(-c3ccc(-c4ccc(-c5ccc(C(=O)c6ccccc6)cc5)cc4)cc3)cc2)cc1. The van der Waals surface area contributed by atoms with E-state index in [-0.39, 0.29) is 5.78 Å². The number of rotatable bonds is 6. The molecule has 2 nitrogen and oxygen atoms in total. The van der Waals surface area contributed by atoms with Gasteiger partial charge in [0.05, 0.1) is 6.57 Å². The standard InChI is InChI=1S/C38H25NO/c1-39-37-25-23-34(24-26-37)32-17-15-30(16-18-32)28-9-7-27(8-10-28)29-11-13-31(14-12-29)33-19-21-36(22-20-33)38(40)35-5-3-2-4-6-35/h2-26H. The minimum absolute atomic E-state index is 0.0362. The van der Waals surface area contributed by atoms with E-state index < -0.39 is 0 Å². The quantitative estimate of drug-likeness (QED) is 0.161. The molecule has 0 bridgehead atoms. The van der Waals surface area contributed by atoms with Crippen LogP contribution in [-0.4, -0.2) is 5.78 Å². The molecule has 0 aromatic heterocycles. The molecule has 6 rings (SSSR count). The van der Waals surface area contributed by atoms with Crippen molar-refractivity contribution in [2.45, 2.75) is 0 Å². The lowest BCUT2D eigenvalue weighted by molar-refractivity contribution is 0.103. The Morgan fingerprint density at radius 3 is 0.975 bits per heavy atom. The van der Waals surface area contributed by atoms with Crippen LogP contribution in [0.1, 0.15) is 15.9 Å². The van der Waals surface area contributed by atoms with E-state index in [1.54, 1.807) is 0 Å². The summed E-state index contributed by atoms with van der Waals surface area (Å²) in [5.41, 5.74) is 11.1. The average Bonchev–Trinajstić information content (AvgIpc) is 3.05. The van der Waals surface area contributed by atoms with Crippen molar-refractivity contribution in [1.29, 1.82) is 0 Å². The summed E-state index contributed by atoms with van der Waals surface area (Å²) in [6, 6.07) is 50.6. The summed E-state index contributed by atoms with van der Waals surface area (Å²) in [7, 11) is 0. The Morgan fingerprint density at radius 2 is 0.650 bits per heavy atom. The Bertz CT molecular complexity index is 1790. The fraction of sp³-hybridized carbons (Fsp3) is 0. The predicted octanol–water partition coefficient (Wildman–Crippen LogP) is 10.1. The molecule has 0 amide bonds. The number of benzene rings is 6. The molecule has 0 atom stereocenters. The molecular formula is C38H25NO. The summed E-state index contributed by atoms with van der Waals surface area (Å²) >= 11 is 0. The van der Waals surface area contributed by atoms with Crippen molar-refractivity contribution in [3.05, 3.63) is 174 Å². The molecule has 6 aromatic carbocycles. The van der Waals surface area contributed by atoms with E-state index in [0.717, 1.165) is 38.9 Å². The van der Waals surface area contributed by atoms with Gasteiger partial charge in [-0.1, -0.05) is 152 Å². The highest BCUT2D eigenvalue weighted by Gasteiger charge is 2.09. The van der Waals surface area contributed by atoms with Gasteiger partial charge in [-0.2, -0.15) is 0 Å². The number of nitrogens with zero attached hydrogens (tertiary/aromatic N) is 1. The molecule has 0 N–H and O–H groups in total.